The lowest BCUT2D eigenvalue weighted by Gasteiger charge is -2.32. The van der Waals surface area contributed by atoms with Gasteiger partial charge in [-0.25, -0.2) is 0 Å². The lowest BCUT2D eigenvalue weighted by atomic mass is 9.79. The molecular formula is C14H22BNO2. The number of pyridine rings is 1. The van der Waals surface area contributed by atoms with Crippen LogP contribution in [-0.2, 0) is 9.31 Å². The van der Waals surface area contributed by atoms with Gasteiger partial charge in [0.25, 0.3) is 0 Å². The summed E-state index contributed by atoms with van der Waals surface area (Å²) in [5.74, 6) is 0.458. The number of hydrogen-bond donors (Lipinski definition) is 0. The maximum Gasteiger partial charge on any atom is 0.496 e. The van der Waals surface area contributed by atoms with Crippen molar-refractivity contribution >= 4 is 12.6 Å². The molecule has 0 aromatic carbocycles. The van der Waals surface area contributed by atoms with Crippen LogP contribution in [0.5, 0.6) is 0 Å². The Morgan fingerprint density at radius 1 is 1.06 bits per heavy atom. The lowest BCUT2D eigenvalue weighted by molar-refractivity contribution is 0.00578. The van der Waals surface area contributed by atoms with Gasteiger partial charge in [-0.2, -0.15) is 0 Å². The van der Waals surface area contributed by atoms with Crippen LogP contribution in [0.25, 0.3) is 0 Å². The molecule has 0 aliphatic carbocycles. The minimum Gasteiger partial charge on any atom is -0.399 e. The summed E-state index contributed by atoms with van der Waals surface area (Å²) in [6.45, 7) is 12.6. The summed E-state index contributed by atoms with van der Waals surface area (Å²) < 4.78 is 12.0. The van der Waals surface area contributed by atoms with Crippen LogP contribution in [0, 0.1) is 0 Å². The fourth-order valence-corrected chi connectivity index (χ4v) is 1.90. The molecule has 1 fully saturated rings. The summed E-state index contributed by atoms with van der Waals surface area (Å²) >= 11 is 0. The van der Waals surface area contributed by atoms with Crippen molar-refractivity contribution in [2.45, 2.75) is 58.7 Å². The zero-order valence-electron chi connectivity index (χ0n) is 12.2. The van der Waals surface area contributed by atoms with E-state index in [2.05, 4.69) is 52.6 Å². The van der Waals surface area contributed by atoms with Gasteiger partial charge in [0.05, 0.1) is 11.2 Å². The summed E-state index contributed by atoms with van der Waals surface area (Å²) in [5.41, 5.74) is 1.61. The fraction of sp³-hybridized carbons (Fsp3) is 0.643. The second-order valence-electron chi connectivity index (χ2n) is 6.29. The van der Waals surface area contributed by atoms with Crippen LogP contribution in [0.1, 0.15) is 53.0 Å². The average Bonchev–Trinajstić information content (AvgIpc) is 2.48. The Morgan fingerprint density at radius 3 is 2.11 bits per heavy atom. The summed E-state index contributed by atoms with van der Waals surface area (Å²) in [4.78, 5) is 4.29. The molecule has 0 amide bonds. The van der Waals surface area contributed by atoms with E-state index in [1.807, 2.05) is 12.4 Å². The van der Waals surface area contributed by atoms with E-state index in [1.165, 1.54) is 5.56 Å². The molecule has 0 atom stereocenters. The van der Waals surface area contributed by atoms with Gasteiger partial charge in [-0.3, -0.25) is 4.98 Å². The fourth-order valence-electron chi connectivity index (χ4n) is 1.90. The van der Waals surface area contributed by atoms with Gasteiger partial charge in [0.15, 0.2) is 0 Å². The van der Waals surface area contributed by atoms with E-state index < -0.39 is 0 Å². The quantitative estimate of drug-likeness (QED) is 0.752. The lowest BCUT2D eigenvalue weighted by Crippen LogP contribution is -2.41. The van der Waals surface area contributed by atoms with E-state index in [9.17, 15) is 0 Å². The van der Waals surface area contributed by atoms with Gasteiger partial charge < -0.3 is 9.31 Å². The van der Waals surface area contributed by atoms with E-state index in [0.29, 0.717) is 5.92 Å². The van der Waals surface area contributed by atoms with Gasteiger partial charge in [0.2, 0.25) is 0 Å². The van der Waals surface area contributed by atoms with Gasteiger partial charge in [0, 0.05) is 17.9 Å². The number of rotatable bonds is 2. The highest BCUT2D eigenvalue weighted by Crippen LogP contribution is 2.36. The Hall–Kier alpha value is -0.865. The minimum absolute atomic E-state index is 0.300. The van der Waals surface area contributed by atoms with Gasteiger partial charge >= 0.3 is 7.12 Å². The van der Waals surface area contributed by atoms with Crippen molar-refractivity contribution < 1.29 is 9.31 Å². The minimum atomic E-state index is -0.318. The molecule has 1 aromatic rings. The Morgan fingerprint density at radius 2 is 1.61 bits per heavy atom. The largest absolute Gasteiger partial charge is 0.496 e. The van der Waals surface area contributed by atoms with Crippen LogP contribution in [0.2, 0.25) is 0 Å². The van der Waals surface area contributed by atoms with Crippen LogP contribution in [-0.4, -0.2) is 23.3 Å². The van der Waals surface area contributed by atoms with Gasteiger partial charge in [-0.1, -0.05) is 19.9 Å². The zero-order valence-corrected chi connectivity index (χ0v) is 12.2. The van der Waals surface area contributed by atoms with E-state index in [1.54, 1.807) is 0 Å². The molecule has 1 aliphatic heterocycles. The molecule has 0 radical (unpaired) electrons. The molecule has 2 rings (SSSR count). The highest BCUT2D eigenvalue weighted by atomic mass is 16.7. The third kappa shape index (κ3) is 2.32. The number of hydrogen-bond acceptors (Lipinski definition) is 3. The van der Waals surface area contributed by atoms with Crippen molar-refractivity contribution in [3.8, 4) is 0 Å². The second kappa shape index (κ2) is 4.35. The van der Waals surface area contributed by atoms with E-state index in [-0.39, 0.29) is 18.3 Å². The second-order valence-corrected chi connectivity index (χ2v) is 6.29. The molecule has 0 saturated carbocycles. The average molecular weight is 247 g/mol. The number of nitrogens with zero attached hydrogens (tertiary/aromatic N) is 1. The summed E-state index contributed by atoms with van der Waals surface area (Å²) in [7, 11) is -0.318. The maximum absolute atomic E-state index is 6.02. The Labute approximate surface area is 110 Å². The molecule has 0 N–H and O–H groups in total. The summed E-state index contributed by atoms with van der Waals surface area (Å²) in [5, 5.41) is 0. The molecule has 0 bridgehead atoms. The molecular weight excluding hydrogens is 225 g/mol. The van der Waals surface area contributed by atoms with Crippen LogP contribution < -0.4 is 5.46 Å². The highest BCUT2D eigenvalue weighted by Gasteiger charge is 2.51. The molecule has 18 heavy (non-hydrogen) atoms. The van der Waals surface area contributed by atoms with Crippen molar-refractivity contribution in [3.63, 3.8) is 0 Å². The molecule has 3 nitrogen and oxygen atoms in total. The maximum atomic E-state index is 6.02. The van der Waals surface area contributed by atoms with Crippen molar-refractivity contribution in [3.05, 3.63) is 24.0 Å². The van der Waals surface area contributed by atoms with Gasteiger partial charge in [-0.15, -0.1) is 0 Å². The molecule has 4 heteroatoms. The molecule has 0 spiro atoms. The van der Waals surface area contributed by atoms with Crippen LogP contribution in [0.3, 0.4) is 0 Å². The molecule has 0 unspecified atom stereocenters. The molecule has 1 aromatic heterocycles. The van der Waals surface area contributed by atoms with E-state index in [0.717, 1.165) is 5.46 Å². The standard InChI is InChI=1S/C14H22BNO2/c1-10(2)11-7-12(9-16-8-11)15-17-13(3,4)14(5,6)18-15/h7-10H,1-6H3. The monoisotopic (exact) mass is 247 g/mol. The Balaban J connectivity index is 2.27. The third-order valence-electron chi connectivity index (χ3n) is 3.97. The van der Waals surface area contributed by atoms with Gasteiger partial charge in [-0.05, 0) is 39.2 Å². The van der Waals surface area contributed by atoms with Crippen molar-refractivity contribution in [1.29, 1.82) is 0 Å². The van der Waals surface area contributed by atoms with Crippen LogP contribution in [0.4, 0.5) is 0 Å². The SMILES string of the molecule is CC(C)c1cncc(B2OC(C)(C)C(C)(C)O2)c1. The van der Waals surface area contributed by atoms with E-state index in [4.69, 9.17) is 9.31 Å². The first-order chi connectivity index (χ1) is 8.23. The first-order valence-electron chi connectivity index (χ1n) is 6.53. The Bertz CT molecular complexity index is 427. The van der Waals surface area contributed by atoms with Gasteiger partial charge in [0.1, 0.15) is 0 Å². The molecule has 1 aliphatic rings. The summed E-state index contributed by atoms with van der Waals surface area (Å²) in [6.07, 6.45) is 3.73. The summed E-state index contributed by atoms with van der Waals surface area (Å²) in [6, 6.07) is 2.12. The molecule has 98 valence electrons. The van der Waals surface area contributed by atoms with Crippen LogP contribution in [0.15, 0.2) is 18.5 Å². The van der Waals surface area contributed by atoms with E-state index >= 15 is 0 Å². The topological polar surface area (TPSA) is 31.4 Å². The predicted octanol–water partition coefficient (Wildman–Crippen LogP) is 2.50. The number of aromatic nitrogens is 1. The van der Waals surface area contributed by atoms with Crippen molar-refractivity contribution in [1.82, 2.24) is 4.98 Å². The smallest absolute Gasteiger partial charge is 0.399 e. The molecule has 2 heterocycles. The molecule has 1 saturated heterocycles. The Kier molecular flexibility index (Phi) is 3.28. The van der Waals surface area contributed by atoms with Crippen LogP contribution >= 0.6 is 0 Å². The zero-order chi connectivity index (χ0) is 13.6. The first-order valence-corrected chi connectivity index (χ1v) is 6.53. The third-order valence-corrected chi connectivity index (χ3v) is 3.97. The first kappa shape index (κ1) is 13.6. The van der Waals surface area contributed by atoms with Crippen molar-refractivity contribution in [2.24, 2.45) is 0 Å². The predicted molar refractivity (Wildman–Crippen MR) is 74.0 cm³/mol. The normalized spacial score (nSPS) is 21.6. The highest BCUT2D eigenvalue weighted by molar-refractivity contribution is 6.62. The van der Waals surface area contributed by atoms with Crippen molar-refractivity contribution in [2.75, 3.05) is 0 Å².